The first-order valence-electron chi connectivity index (χ1n) is 7.25. The fraction of sp³-hybridized carbons (Fsp3) is 0.714. The monoisotopic (exact) mass is 263 g/mol. The number of aromatic nitrogens is 2. The minimum Gasteiger partial charge on any atom is -0.368 e. The molecule has 1 saturated carbocycles. The smallest absolute Gasteiger partial charge is 0.132 e. The van der Waals surface area contributed by atoms with E-state index in [-0.39, 0.29) is 6.04 Å². The van der Waals surface area contributed by atoms with E-state index in [2.05, 4.69) is 20.6 Å². The van der Waals surface area contributed by atoms with Crippen molar-refractivity contribution in [1.82, 2.24) is 9.97 Å². The van der Waals surface area contributed by atoms with Gasteiger partial charge in [0.25, 0.3) is 0 Å². The van der Waals surface area contributed by atoms with Crippen LogP contribution in [0.2, 0.25) is 0 Å². The van der Waals surface area contributed by atoms with Gasteiger partial charge in [-0.3, -0.25) is 0 Å². The Labute approximate surface area is 115 Å². The van der Waals surface area contributed by atoms with E-state index in [1.165, 1.54) is 32.1 Å². The number of anilines is 2. The topological polar surface area (TPSA) is 75.9 Å². The molecule has 1 heterocycles. The van der Waals surface area contributed by atoms with E-state index in [1.807, 2.05) is 19.9 Å². The molecule has 0 radical (unpaired) electrons. The van der Waals surface area contributed by atoms with E-state index >= 15 is 0 Å². The van der Waals surface area contributed by atoms with Crippen molar-refractivity contribution in [3.05, 3.63) is 11.9 Å². The zero-order chi connectivity index (χ0) is 13.7. The zero-order valence-corrected chi connectivity index (χ0v) is 11.9. The normalized spacial score (nSPS) is 18.1. The second-order valence-corrected chi connectivity index (χ2v) is 5.52. The van der Waals surface area contributed by atoms with Gasteiger partial charge < -0.3 is 16.4 Å². The van der Waals surface area contributed by atoms with E-state index in [1.54, 1.807) is 0 Å². The molecule has 5 nitrogen and oxygen atoms in total. The molecule has 1 aromatic rings. The third-order valence-electron chi connectivity index (χ3n) is 3.40. The molecule has 4 N–H and O–H groups in total. The molecule has 1 aliphatic rings. The molecule has 5 heteroatoms. The quantitative estimate of drug-likeness (QED) is 0.760. The maximum absolute atomic E-state index is 5.74. The summed E-state index contributed by atoms with van der Waals surface area (Å²) in [5.74, 6) is 2.56. The van der Waals surface area contributed by atoms with Gasteiger partial charge in [-0.05, 0) is 26.7 Å². The Kier molecular flexibility index (Phi) is 4.96. The van der Waals surface area contributed by atoms with Crippen LogP contribution in [0.4, 0.5) is 11.6 Å². The summed E-state index contributed by atoms with van der Waals surface area (Å²) in [6, 6.07) is 2.65. The van der Waals surface area contributed by atoms with Gasteiger partial charge in [0.05, 0.1) is 0 Å². The van der Waals surface area contributed by atoms with Gasteiger partial charge in [0.2, 0.25) is 0 Å². The standard InChI is InChI=1S/C14H25N5/c1-10(15)9-16-13-8-14(18-11(2)17-13)19-12-6-4-3-5-7-12/h8,10,12H,3-7,9,15H2,1-2H3,(H2,16,17,18,19). The Hall–Kier alpha value is -1.36. The molecule has 0 amide bonds. The molecule has 0 aliphatic heterocycles. The van der Waals surface area contributed by atoms with Crippen LogP contribution in [0.5, 0.6) is 0 Å². The molecule has 2 rings (SSSR count). The van der Waals surface area contributed by atoms with E-state index in [9.17, 15) is 0 Å². The Morgan fingerprint density at radius 1 is 1.26 bits per heavy atom. The fourth-order valence-corrected chi connectivity index (χ4v) is 2.45. The Bertz CT molecular complexity index is 399. The number of rotatable bonds is 5. The summed E-state index contributed by atoms with van der Waals surface area (Å²) in [5, 5.41) is 6.77. The Morgan fingerprint density at radius 3 is 2.63 bits per heavy atom. The minimum atomic E-state index is 0.116. The molecule has 1 atom stereocenters. The van der Waals surface area contributed by atoms with Gasteiger partial charge in [-0.25, -0.2) is 9.97 Å². The molecule has 1 aliphatic carbocycles. The van der Waals surface area contributed by atoms with Crippen LogP contribution in [-0.4, -0.2) is 28.6 Å². The van der Waals surface area contributed by atoms with Crippen molar-refractivity contribution in [2.24, 2.45) is 5.73 Å². The van der Waals surface area contributed by atoms with Crippen molar-refractivity contribution >= 4 is 11.6 Å². The van der Waals surface area contributed by atoms with E-state index in [0.717, 1.165) is 24.0 Å². The number of nitrogens with two attached hydrogens (primary N) is 1. The van der Waals surface area contributed by atoms with Gasteiger partial charge in [-0.2, -0.15) is 0 Å². The van der Waals surface area contributed by atoms with Crippen molar-refractivity contribution < 1.29 is 0 Å². The largest absolute Gasteiger partial charge is 0.368 e. The van der Waals surface area contributed by atoms with Crippen LogP contribution in [0.25, 0.3) is 0 Å². The van der Waals surface area contributed by atoms with Crippen molar-refractivity contribution in [1.29, 1.82) is 0 Å². The van der Waals surface area contributed by atoms with Crippen LogP contribution in [0.1, 0.15) is 44.9 Å². The summed E-state index contributed by atoms with van der Waals surface area (Å²) in [7, 11) is 0. The Morgan fingerprint density at radius 2 is 1.95 bits per heavy atom. The highest BCUT2D eigenvalue weighted by atomic mass is 15.1. The lowest BCUT2D eigenvalue weighted by Gasteiger charge is -2.23. The number of hydrogen-bond acceptors (Lipinski definition) is 5. The molecular weight excluding hydrogens is 238 g/mol. The summed E-state index contributed by atoms with van der Waals surface area (Å²) < 4.78 is 0. The van der Waals surface area contributed by atoms with Crippen LogP contribution >= 0.6 is 0 Å². The highest BCUT2D eigenvalue weighted by Crippen LogP contribution is 2.21. The first-order valence-corrected chi connectivity index (χ1v) is 7.25. The van der Waals surface area contributed by atoms with Crippen molar-refractivity contribution in [2.75, 3.05) is 17.2 Å². The molecule has 1 fully saturated rings. The molecule has 0 saturated heterocycles. The second kappa shape index (κ2) is 6.70. The predicted molar refractivity (Wildman–Crippen MR) is 79.4 cm³/mol. The third kappa shape index (κ3) is 4.67. The van der Waals surface area contributed by atoms with E-state index in [0.29, 0.717) is 6.04 Å². The lowest BCUT2D eigenvalue weighted by atomic mass is 9.95. The van der Waals surface area contributed by atoms with E-state index < -0.39 is 0 Å². The average Bonchev–Trinajstić information content (AvgIpc) is 2.37. The van der Waals surface area contributed by atoms with Crippen molar-refractivity contribution in [2.45, 2.75) is 58.0 Å². The first kappa shape index (κ1) is 14.1. The lowest BCUT2D eigenvalue weighted by molar-refractivity contribution is 0.462. The predicted octanol–water partition coefficient (Wildman–Crippen LogP) is 2.29. The van der Waals surface area contributed by atoms with Gasteiger partial charge in [0.15, 0.2) is 0 Å². The minimum absolute atomic E-state index is 0.116. The average molecular weight is 263 g/mol. The van der Waals surface area contributed by atoms with Gasteiger partial charge in [0.1, 0.15) is 17.5 Å². The van der Waals surface area contributed by atoms with Gasteiger partial charge in [0, 0.05) is 24.7 Å². The number of nitrogens with zero attached hydrogens (tertiary/aromatic N) is 2. The van der Waals surface area contributed by atoms with E-state index in [4.69, 9.17) is 5.73 Å². The molecule has 0 aromatic carbocycles. The van der Waals surface area contributed by atoms with Crippen LogP contribution in [0, 0.1) is 6.92 Å². The second-order valence-electron chi connectivity index (χ2n) is 5.52. The lowest BCUT2D eigenvalue weighted by Crippen LogP contribution is -2.26. The number of aryl methyl sites for hydroxylation is 1. The van der Waals surface area contributed by atoms with Gasteiger partial charge in [-0.15, -0.1) is 0 Å². The summed E-state index contributed by atoms with van der Waals surface area (Å²) >= 11 is 0. The van der Waals surface area contributed by atoms with Crippen LogP contribution in [-0.2, 0) is 0 Å². The van der Waals surface area contributed by atoms with Crippen LogP contribution in [0.3, 0.4) is 0 Å². The Balaban J connectivity index is 1.99. The molecule has 1 unspecified atom stereocenters. The third-order valence-corrected chi connectivity index (χ3v) is 3.40. The fourth-order valence-electron chi connectivity index (χ4n) is 2.45. The first-order chi connectivity index (χ1) is 9.13. The van der Waals surface area contributed by atoms with Crippen molar-refractivity contribution in [3.8, 4) is 0 Å². The SMILES string of the molecule is Cc1nc(NCC(C)N)cc(NC2CCCCC2)n1. The maximum atomic E-state index is 5.74. The molecule has 19 heavy (non-hydrogen) atoms. The highest BCUT2D eigenvalue weighted by molar-refractivity contribution is 5.48. The number of hydrogen-bond donors (Lipinski definition) is 3. The van der Waals surface area contributed by atoms with Gasteiger partial charge in [-0.1, -0.05) is 19.3 Å². The molecule has 106 valence electrons. The van der Waals surface area contributed by atoms with Crippen molar-refractivity contribution in [3.63, 3.8) is 0 Å². The summed E-state index contributed by atoms with van der Waals surface area (Å²) in [6.07, 6.45) is 6.48. The zero-order valence-electron chi connectivity index (χ0n) is 11.9. The molecular formula is C14H25N5. The number of nitrogens with one attached hydrogen (secondary N) is 2. The maximum Gasteiger partial charge on any atom is 0.132 e. The van der Waals surface area contributed by atoms with Crippen LogP contribution in [0.15, 0.2) is 6.07 Å². The summed E-state index contributed by atoms with van der Waals surface area (Å²) in [6.45, 7) is 4.62. The molecule has 0 spiro atoms. The summed E-state index contributed by atoms with van der Waals surface area (Å²) in [5.41, 5.74) is 5.74. The highest BCUT2D eigenvalue weighted by Gasteiger charge is 2.14. The van der Waals surface area contributed by atoms with Crippen LogP contribution < -0.4 is 16.4 Å². The summed E-state index contributed by atoms with van der Waals surface area (Å²) in [4.78, 5) is 8.84. The molecule has 0 bridgehead atoms. The van der Waals surface area contributed by atoms with Gasteiger partial charge >= 0.3 is 0 Å². The molecule has 1 aromatic heterocycles.